The third-order valence-electron chi connectivity index (χ3n) is 16.9. The topological polar surface area (TPSA) is 46.8 Å². The Kier molecular flexibility index (Phi) is 9.08. The number of nitrogens with zero attached hydrogens (tertiary/aromatic N) is 5. The van der Waals surface area contributed by atoms with Crippen LogP contribution >= 0.6 is 0 Å². The fourth-order valence-electron chi connectivity index (χ4n) is 13.7. The molecule has 3 heterocycles. The van der Waals surface area contributed by atoms with Crippen LogP contribution in [0.5, 0.6) is 0 Å². The highest BCUT2D eigenvalue weighted by atomic mass is 15.3. The van der Waals surface area contributed by atoms with Gasteiger partial charge in [-0.3, -0.25) is 4.57 Å². The Labute approximate surface area is 440 Å². The summed E-state index contributed by atoms with van der Waals surface area (Å²) in [5.41, 5.74) is 13.8. The molecule has 0 spiro atoms. The zero-order valence-corrected chi connectivity index (χ0v) is 41.6. The minimum Gasteiger partial charge on any atom is -0.329 e. The molecule has 0 saturated carbocycles. The van der Waals surface area contributed by atoms with Crippen LogP contribution in [-0.4, -0.2) is 25.1 Å². The third-order valence-corrected chi connectivity index (χ3v) is 16.9. The van der Waals surface area contributed by atoms with E-state index in [2.05, 4.69) is 271 Å². The molecule has 76 heavy (non-hydrogen) atoms. The van der Waals surface area contributed by atoms with Crippen LogP contribution in [0.15, 0.2) is 261 Å². The van der Waals surface area contributed by atoms with Gasteiger partial charge in [-0.15, -0.1) is 0 Å². The second-order valence-electron chi connectivity index (χ2n) is 20.8. The Morgan fingerprint density at radius 1 is 0.421 bits per heavy atom. The van der Waals surface area contributed by atoms with Crippen LogP contribution in [0.2, 0.25) is 0 Å². The van der Waals surface area contributed by atoms with E-state index < -0.39 is 11.0 Å². The lowest BCUT2D eigenvalue weighted by Crippen LogP contribution is -2.42. The van der Waals surface area contributed by atoms with E-state index in [-0.39, 0.29) is 5.92 Å². The molecule has 16 rings (SSSR count). The SMILES string of the molecule is CC12C=CC=CC1c1ccc3c4ccccc4n(-c4nc(-c5ccccc5)nc(-c5ccc6c(c5)C(c5ccccc5)(c5ccccc5)c5ccccc5-6)n4)c3c1N2c1ccc2c3ccccc3c3ccccc3c2c1. The molecular weight excluding hydrogens is 923 g/mol. The third kappa shape index (κ3) is 5.88. The number of rotatable bonds is 6. The molecule has 5 nitrogen and oxygen atoms in total. The molecule has 2 aromatic heterocycles. The Morgan fingerprint density at radius 2 is 0.987 bits per heavy atom. The lowest BCUT2D eigenvalue weighted by Gasteiger charge is -2.39. The van der Waals surface area contributed by atoms with E-state index in [4.69, 9.17) is 15.0 Å². The molecular formula is C71H47N5. The van der Waals surface area contributed by atoms with Gasteiger partial charge in [-0.25, -0.2) is 4.98 Å². The molecule has 2 aliphatic carbocycles. The monoisotopic (exact) mass is 969 g/mol. The molecule has 13 aromatic rings. The number of anilines is 2. The fraction of sp³-hybridized carbons (Fsp3) is 0.0563. The van der Waals surface area contributed by atoms with Crippen molar-refractivity contribution in [2.45, 2.75) is 23.8 Å². The zero-order chi connectivity index (χ0) is 50.1. The van der Waals surface area contributed by atoms with Gasteiger partial charge in [0.2, 0.25) is 5.95 Å². The Hall–Kier alpha value is -9.71. The van der Waals surface area contributed by atoms with Gasteiger partial charge in [-0.2, -0.15) is 9.97 Å². The van der Waals surface area contributed by atoms with E-state index in [1.54, 1.807) is 0 Å². The standard InChI is InChI=1S/C71H47N5/c1-70-42-20-19-33-61(70)59-41-40-58-57-32-16-18-35-64(57)75(65(58)66(59)76(70)49-37-39-54-52-29-12-11-27-50(52)51-28-13-14-30-53(51)60(54)44-49)69-73-67(45-21-5-2-6-22-45)72-68(74-69)46-36-38-56-55-31-15-17-34-62(55)71(63(56)43-46,47-23-7-3-8-24-47)48-25-9-4-10-26-48/h2-44,61H,1H3. The average Bonchev–Trinajstić information content (AvgIpc) is 4.28. The van der Waals surface area contributed by atoms with Gasteiger partial charge in [0, 0.05) is 33.5 Å². The van der Waals surface area contributed by atoms with Crippen molar-refractivity contribution >= 4 is 65.5 Å². The van der Waals surface area contributed by atoms with E-state index in [9.17, 15) is 0 Å². The van der Waals surface area contributed by atoms with Gasteiger partial charge in [0.25, 0.3) is 0 Å². The van der Waals surface area contributed by atoms with Crippen LogP contribution in [-0.2, 0) is 5.41 Å². The molecule has 1 aliphatic heterocycles. The quantitative estimate of drug-likeness (QED) is 0.156. The fourth-order valence-corrected chi connectivity index (χ4v) is 13.7. The van der Waals surface area contributed by atoms with Crippen molar-refractivity contribution in [3.63, 3.8) is 0 Å². The minimum absolute atomic E-state index is 0.0752. The van der Waals surface area contributed by atoms with Crippen molar-refractivity contribution in [2.24, 2.45) is 0 Å². The van der Waals surface area contributed by atoms with Gasteiger partial charge < -0.3 is 4.90 Å². The first-order valence-electron chi connectivity index (χ1n) is 26.3. The summed E-state index contributed by atoms with van der Waals surface area (Å²) in [6, 6.07) is 86.3. The van der Waals surface area contributed by atoms with Crippen molar-refractivity contribution in [3.8, 4) is 39.9 Å². The molecule has 5 heteroatoms. The van der Waals surface area contributed by atoms with E-state index in [1.165, 1.54) is 71.3 Å². The summed E-state index contributed by atoms with van der Waals surface area (Å²) in [5.74, 6) is 1.85. The normalized spacial score (nSPS) is 16.9. The van der Waals surface area contributed by atoms with Crippen LogP contribution in [0, 0.1) is 0 Å². The maximum atomic E-state index is 5.67. The molecule has 356 valence electrons. The van der Waals surface area contributed by atoms with Crippen molar-refractivity contribution in [2.75, 3.05) is 4.90 Å². The molecule has 0 amide bonds. The summed E-state index contributed by atoms with van der Waals surface area (Å²) in [6.07, 6.45) is 9.21. The van der Waals surface area contributed by atoms with Crippen molar-refractivity contribution in [1.82, 2.24) is 19.5 Å². The van der Waals surface area contributed by atoms with E-state index >= 15 is 0 Å². The number of fused-ring (bicyclic) bond motifs is 16. The Balaban J connectivity index is 0.972. The van der Waals surface area contributed by atoms with Gasteiger partial charge in [-0.05, 0) is 102 Å². The molecule has 0 radical (unpaired) electrons. The first-order chi connectivity index (χ1) is 37.6. The van der Waals surface area contributed by atoms with Gasteiger partial charge in [0.05, 0.1) is 27.7 Å². The second-order valence-corrected chi connectivity index (χ2v) is 20.8. The first-order valence-corrected chi connectivity index (χ1v) is 26.3. The predicted octanol–water partition coefficient (Wildman–Crippen LogP) is 17.2. The summed E-state index contributed by atoms with van der Waals surface area (Å²) < 4.78 is 2.33. The van der Waals surface area contributed by atoms with Crippen molar-refractivity contribution in [1.29, 1.82) is 0 Å². The van der Waals surface area contributed by atoms with Gasteiger partial charge in [0.15, 0.2) is 11.6 Å². The van der Waals surface area contributed by atoms with E-state index in [1.807, 2.05) is 6.07 Å². The van der Waals surface area contributed by atoms with Crippen LogP contribution < -0.4 is 4.90 Å². The van der Waals surface area contributed by atoms with Crippen molar-refractivity contribution in [3.05, 3.63) is 289 Å². The van der Waals surface area contributed by atoms with Gasteiger partial charge in [-0.1, -0.05) is 237 Å². The van der Waals surface area contributed by atoms with Crippen LogP contribution in [0.4, 0.5) is 11.4 Å². The number of hydrogen-bond donors (Lipinski definition) is 0. The Bertz CT molecular complexity index is 4540. The van der Waals surface area contributed by atoms with Gasteiger partial charge in [0.1, 0.15) is 0 Å². The summed E-state index contributed by atoms with van der Waals surface area (Å²) in [4.78, 5) is 19.2. The largest absolute Gasteiger partial charge is 0.329 e. The smallest absolute Gasteiger partial charge is 0.238 e. The molecule has 0 N–H and O–H groups in total. The number of benzene rings is 11. The molecule has 11 aromatic carbocycles. The molecule has 2 atom stereocenters. The summed E-state index contributed by atoms with van der Waals surface area (Å²) >= 11 is 0. The van der Waals surface area contributed by atoms with Crippen LogP contribution in [0.25, 0.3) is 94.0 Å². The van der Waals surface area contributed by atoms with Crippen molar-refractivity contribution < 1.29 is 0 Å². The summed E-state index contributed by atoms with van der Waals surface area (Å²) in [7, 11) is 0. The Morgan fingerprint density at radius 3 is 1.70 bits per heavy atom. The maximum absolute atomic E-state index is 5.67. The number of hydrogen-bond acceptors (Lipinski definition) is 4. The highest BCUT2D eigenvalue weighted by Crippen LogP contribution is 2.59. The molecule has 0 fully saturated rings. The average molecular weight is 970 g/mol. The van der Waals surface area contributed by atoms with Crippen LogP contribution in [0.1, 0.15) is 40.7 Å². The number of aromatic nitrogens is 4. The lowest BCUT2D eigenvalue weighted by molar-refractivity contribution is 0.542. The number of allylic oxidation sites excluding steroid dienone is 2. The molecule has 2 unspecified atom stereocenters. The van der Waals surface area contributed by atoms with E-state index in [0.29, 0.717) is 17.6 Å². The number of para-hydroxylation sites is 1. The second kappa shape index (κ2) is 16.1. The first kappa shape index (κ1) is 42.8. The summed E-state index contributed by atoms with van der Waals surface area (Å²) in [5, 5.41) is 9.79. The maximum Gasteiger partial charge on any atom is 0.238 e. The molecule has 3 aliphatic rings. The lowest BCUT2D eigenvalue weighted by atomic mass is 9.67. The highest BCUT2D eigenvalue weighted by molar-refractivity contribution is 6.26. The molecule has 0 saturated heterocycles. The highest BCUT2D eigenvalue weighted by Gasteiger charge is 2.49. The minimum atomic E-state index is -0.586. The zero-order valence-electron chi connectivity index (χ0n) is 41.6. The summed E-state index contributed by atoms with van der Waals surface area (Å²) in [6.45, 7) is 2.39. The molecule has 0 bridgehead atoms. The van der Waals surface area contributed by atoms with E-state index in [0.717, 1.165) is 44.3 Å². The predicted molar refractivity (Wildman–Crippen MR) is 313 cm³/mol. The van der Waals surface area contributed by atoms with Gasteiger partial charge >= 0.3 is 0 Å². The van der Waals surface area contributed by atoms with Crippen LogP contribution in [0.3, 0.4) is 0 Å².